The third kappa shape index (κ3) is 5.76. The van der Waals surface area contributed by atoms with E-state index in [2.05, 4.69) is 16.0 Å². The zero-order chi connectivity index (χ0) is 21.5. The Bertz CT molecular complexity index is 891. The number of morpholine rings is 1. The lowest BCUT2D eigenvalue weighted by Crippen LogP contribution is -2.41. The number of carbonyl (C=O) groups is 2. The van der Waals surface area contributed by atoms with Crippen LogP contribution in [0.15, 0.2) is 41.7 Å². The first-order valence-corrected chi connectivity index (χ1v) is 10.4. The fraction of sp³-hybridized carbons (Fsp3) is 0.368. The van der Waals surface area contributed by atoms with Crippen LogP contribution < -0.4 is 15.6 Å². The number of aliphatic hydroxyl groups is 1. The number of amides is 2. The highest BCUT2D eigenvalue weighted by atomic mass is 35.5. The van der Waals surface area contributed by atoms with E-state index in [1.807, 2.05) is 0 Å². The molecule has 3 N–H and O–H groups in total. The van der Waals surface area contributed by atoms with Crippen LogP contribution in [0.4, 0.5) is 5.69 Å². The highest BCUT2D eigenvalue weighted by Gasteiger charge is 2.22. The number of hydrogen-bond acceptors (Lipinski definition) is 7. The predicted octanol–water partition coefficient (Wildman–Crippen LogP) is 2.26. The molecular weight excluding hydrogens is 432 g/mol. The van der Waals surface area contributed by atoms with Crippen LogP contribution >= 0.6 is 22.9 Å². The Morgan fingerprint density at radius 3 is 2.70 bits per heavy atom. The maximum Gasteiger partial charge on any atom is 0.261 e. The summed E-state index contributed by atoms with van der Waals surface area (Å²) in [6, 6.07) is 9.75. The maximum absolute atomic E-state index is 12.1. The second kappa shape index (κ2) is 10.5. The Balaban J connectivity index is 1.58. The molecule has 3 rings (SSSR count). The monoisotopic (exact) mass is 452 g/mol. The average Bonchev–Trinajstić information content (AvgIpc) is 3.19. The smallest absolute Gasteiger partial charge is 0.261 e. The van der Waals surface area contributed by atoms with E-state index in [0.717, 1.165) is 22.6 Å². The van der Waals surface area contributed by atoms with E-state index in [9.17, 15) is 19.6 Å². The van der Waals surface area contributed by atoms with Crippen molar-refractivity contribution in [3.05, 3.63) is 56.1 Å². The molecule has 30 heavy (non-hydrogen) atoms. The van der Waals surface area contributed by atoms with E-state index in [4.69, 9.17) is 16.3 Å². The molecule has 1 aromatic heterocycles. The summed E-state index contributed by atoms with van der Waals surface area (Å²) < 4.78 is 5.63. The molecule has 2 amide bonds. The quantitative estimate of drug-likeness (QED) is 0.396. The lowest BCUT2D eigenvalue weighted by atomic mass is 10.0. The van der Waals surface area contributed by atoms with Crippen LogP contribution in [-0.4, -0.2) is 49.3 Å². The Morgan fingerprint density at radius 1 is 1.30 bits per heavy atom. The Kier molecular flexibility index (Phi) is 7.75. The van der Waals surface area contributed by atoms with Gasteiger partial charge in [0.25, 0.3) is 11.8 Å². The second-order valence-corrected chi connectivity index (χ2v) is 8.38. The summed E-state index contributed by atoms with van der Waals surface area (Å²) >= 11 is 6.97. The molecule has 0 radical (unpaired) electrons. The van der Waals surface area contributed by atoms with Gasteiger partial charge in [-0.3, -0.25) is 15.0 Å². The Morgan fingerprint density at radius 2 is 2.07 bits per heavy atom. The fourth-order valence-electron chi connectivity index (χ4n) is 3.09. The van der Waals surface area contributed by atoms with Crippen LogP contribution in [0.25, 0.3) is 0 Å². The lowest BCUT2D eigenvalue weighted by Gasteiger charge is -2.27. The van der Waals surface area contributed by atoms with Crippen molar-refractivity contribution in [2.75, 3.05) is 31.2 Å². The zero-order valence-corrected chi connectivity index (χ0v) is 17.5. The van der Waals surface area contributed by atoms with Crippen molar-refractivity contribution >= 4 is 40.4 Å². The van der Waals surface area contributed by atoms with Gasteiger partial charge in [-0.25, -0.2) is 0 Å². The molecule has 1 aliphatic heterocycles. The first-order valence-electron chi connectivity index (χ1n) is 9.25. The molecule has 2 atom stereocenters. The van der Waals surface area contributed by atoms with Gasteiger partial charge in [-0.15, -0.1) is 16.2 Å². The molecule has 0 saturated carbocycles. The van der Waals surface area contributed by atoms with E-state index in [1.165, 1.54) is 0 Å². The third-order valence-electron chi connectivity index (χ3n) is 4.60. The summed E-state index contributed by atoms with van der Waals surface area (Å²) in [7, 11) is 0. The molecule has 0 aliphatic carbocycles. The number of aliphatic hydroxyl groups excluding tert-OH is 1. The molecule has 2 aromatic rings. The highest BCUT2D eigenvalue weighted by Crippen LogP contribution is 2.24. The summed E-state index contributed by atoms with van der Waals surface area (Å²) in [5.74, 6) is -0.445. The summed E-state index contributed by atoms with van der Waals surface area (Å²) in [5.41, 5.74) is 3.89. The van der Waals surface area contributed by atoms with E-state index in [0.29, 0.717) is 22.4 Å². The van der Waals surface area contributed by atoms with Crippen LogP contribution in [0.3, 0.4) is 0 Å². The van der Waals surface area contributed by atoms with E-state index in [-0.39, 0.29) is 31.4 Å². The normalized spacial score (nSPS) is 16.1. The van der Waals surface area contributed by atoms with Crippen LogP contribution in [0.2, 0.25) is 4.34 Å². The van der Waals surface area contributed by atoms with Gasteiger partial charge in [-0.2, -0.15) is 0 Å². The number of anilines is 1. The van der Waals surface area contributed by atoms with Crippen LogP contribution in [-0.2, 0) is 9.53 Å². The minimum absolute atomic E-state index is 0.00571. The first-order chi connectivity index (χ1) is 14.5. The van der Waals surface area contributed by atoms with Crippen molar-refractivity contribution in [1.29, 1.82) is 0 Å². The molecule has 1 aliphatic rings. The molecule has 1 aromatic carbocycles. The Labute approximate surface area is 181 Å². The summed E-state index contributed by atoms with van der Waals surface area (Å²) in [5, 5.41) is 15.7. The highest BCUT2D eigenvalue weighted by molar-refractivity contribution is 7.17. The summed E-state index contributed by atoms with van der Waals surface area (Å²) in [4.78, 5) is 36.9. The van der Waals surface area contributed by atoms with Gasteiger partial charge in [-0.05, 0) is 29.8 Å². The van der Waals surface area contributed by atoms with Gasteiger partial charge >= 0.3 is 0 Å². The van der Waals surface area contributed by atoms with Crippen molar-refractivity contribution in [3.8, 4) is 0 Å². The average molecular weight is 453 g/mol. The molecule has 160 valence electrons. The molecule has 0 spiro atoms. The molecule has 1 fully saturated rings. The molecule has 0 bridgehead atoms. The maximum atomic E-state index is 12.1. The minimum atomic E-state index is -0.913. The van der Waals surface area contributed by atoms with Gasteiger partial charge in [0.2, 0.25) is 0 Å². The first kappa shape index (κ1) is 22.2. The van der Waals surface area contributed by atoms with E-state index in [1.54, 1.807) is 41.3 Å². The van der Waals surface area contributed by atoms with E-state index >= 15 is 0 Å². The summed E-state index contributed by atoms with van der Waals surface area (Å²) in [6.07, 6.45) is -0.767. The number of rotatable bonds is 9. The van der Waals surface area contributed by atoms with Crippen molar-refractivity contribution in [3.63, 3.8) is 0 Å². The molecule has 1 saturated heterocycles. The number of carbonyl (C=O) groups excluding carboxylic acids is 2. The Hall–Kier alpha value is -2.53. The van der Waals surface area contributed by atoms with Gasteiger partial charge in [0.15, 0.2) is 0 Å². The van der Waals surface area contributed by atoms with Crippen molar-refractivity contribution < 1.29 is 19.4 Å². The van der Waals surface area contributed by atoms with Gasteiger partial charge in [0.1, 0.15) is 6.61 Å². The third-order valence-corrected chi connectivity index (χ3v) is 5.83. The van der Waals surface area contributed by atoms with Crippen molar-refractivity contribution in [1.82, 2.24) is 10.7 Å². The van der Waals surface area contributed by atoms with Crippen LogP contribution in [0.1, 0.15) is 27.7 Å². The number of hydrogen-bond donors (Lipinski definition) is 3. The molecular formula is C19H21ClN4O5S. The number of thiophene rings is 1. The molecule has 9 nitrogen and oxygen atoms in total. The fourth-order valence-corrected chi connectivity index (χ4v) is 4.05. The van der Waals surface area contributed by atoms with E-state index < -0.39 is 12.1 Å². The van der Waals surface area contributed by atoms with Crippen molar-refractivity contribution in [2.24, 2.45) is 5.29 Å². The van der Waals surface area contributed by atoms with Crippen LogP contribution in [0.5, 0.6) is 0 Å². The van der Waals surface area contributed by atoms with Gasteiger partial charge in [-0.1, -0.05) is 23.7 Å². The number of nitrogens with zero attached hydrogens (tertiary/aromatic N) is 2. The topological polar surface area (TPSA) is 120 Å². The van der Waals surface area contributed by atoms with Crippen molar-refractivity contribution in [2.45, 2.75) is 18.6 Å². The number of nitroso groups, excluding NO2 is 1. The molecule has 11 heteroatoms. The van der Waals surface area contributed by atoms with Gasteiger partial charge in [0.05, 0.1) is 33.3 Å². The van der Waals surface area contributed by atoms with Crippen LogP contribution in [0, 0.1) is 4.91 Å². The standard InChI is InChI=1S/C19H21ClN4O5S/c20-17-6-5-16(30-17)19(27)21-10-14(25)9-15(22-23-28)12-1-3-13(4-2-12)24-7-8-29-11-18(24)26/h1-6,14-15,25H,7-11H2,(H,21,27)(H,22,28)/t14-,15?/m1/s1. The number of halogens is 1. The predicted molar refractivity (Wildman–Crippen MR) is 114 cm³/mol. The SMILES string of the molecule is O=NNC(C[C@@H](O)CNC(=O)c1ccc(Cl)s1)c1ccc(N2CCOCC2=O)cc1. The number of benzene rings is 1. The van der Waals surface area contributed by atoms with Gasteiger partial charge in [0, 0.05) is 25.2 Å². The largest absolute Gasteiger partial charge is 0.391 e. The molecule has 2 heterocycles. The number of nitrogens with one attached hydrogen (secondary N) is 2. The second-order valence-electron chi connectivity index (χ2n) is 6.67. The number of ether oxygens (including phenoxy) is 1. The summed E-state index contributed by atoms with van der Waals surface area (Å²) in [6.45, 7) is 1.01. The zero-order valence-electron chi connectivity index (χ0n) is 15.9. The minimum Gasteiger partial charge on any atom is -0.391 e. The lowest BCUT2D eigenvalue weighted by molar-refractivity contribution is -0.125. The van der Waals surface area contributed by atoms with Gasteiger partial charge < -0.3 is 20.1 Å². The molecule has 1 unspecified atom stereocenters.